The van der Waals surface area contributed by atoms with Crippen molar-refractivity contribution >= 4 is 5.95 Å². The number of aliphatic hydroxyl groups excluding tert-OH is 1. The highest BCUT2D eigenvalue weighted by molar-refractivity contribution is 5.31. The van der Waals surface area contributed by atoms with Gasteiger partial charge in [0.15, 0.2) is 0 Å². The fourth-order valence-corrected chi connectivity index (χ4v) is 2.98. The lowest BCUT2D eigenvalue weighted by Crippen LogP contribution is -2.45. The van der Waals surface area contributed by atoms with Crippen LogP contribution in [0.25, 0.3) is 0 Å². The van der Waals surface area contributed by atoms with Gasteiger partial charge < -0.3 is 10.0 Å². The van der Waals surface area contributed by atoms with Crippen LogP contribution < -0.4 is 4.90 Å². The summed E-state index contributed by atoms with van der Waals surface area (Å²) in [7, 11) is 0. The van der Waals surface area contributed by atoms with Crippen molar-refractivity contribution in [3.63, 3.8) is 0 Å². The molecule has 0 aliphatic carbocycles. The van der Waals surface area contributed by atoms with Gasteiger partial charge in [0.05, 0.1) is 6.10 Å². The summed E-state index contributed by atoms with van der Waals surface area (Å²) in [6, 6.07) is 10.2. The van der Waals surface area contributed by atoms with Gasteiger partial charge in [-0.2, -0.15) is 0 Å². The number of rotatable bonds is 3. The molecule has 4 nitrogen and oxygen atoms in total. The summed E-state index contributed by atoms with van der Waals surface area (Å²) in [5, 5.41) is 10.5. The van der Waals surface area contributed by atoms with Crippen LogP contribution in [0.4, 0.5) is 5.95 Å². The minimum atomic E-state index is -0.331. The van der Waals surface area contributed by atoms with E-state index in [1.54, 1.807) is 12.4 Å². The molecule has 0 unspecified atom stereocenters. The maximum atomic E-state index is 10.5. The third-order valence-corrected chi connectivity index (χ3v) is 4.30. The van der Waals surface area contributed by atoms with Gasteiger partial charge in [-0.05, 0) is 42.9 Å². The molecule has 0 saturated carbocycles. The molecule has 2 atom stereocenters. The number of benzene rings is 1. The molecule has 4 heteroatoms. The molecule has 1 aromatic carbocycles. The highest BCUT2D eigenvalue weighted by atomic mass is 16.3. The molecule has 2 heterocycles. The molecule has 0 bridgehead atoms. The Kier molecular flexibility index (Phi) is 4.15. The number of aromatic nitrogens is 2. The Hall–Kier alpha value is -1.94. The zero-order chi connectivity index (χ0) is 14.7. The summed E-state index contributed by atoms with van der Waals surface area (Å²) in [4.78, 5) is 10.6. The van der Waals surface area contributed by atoms with E-state index in [9.17, 15) is 5.11 Å². The summed E-state index contributed by atoms with van der Waals surface area (Å²) >= 11 is 0. The first-order chi connectivity index (χ1) is 10.2. The van der Waals surface area contributed by atoms with E-state index in [0.29, 0.717) is 18.4 Å². The number of hydrogen-bond donors (Lipinski definition) is 1. The Balaban J connectivity index is 1.65. The van der Waals surface area contributed by atoms with Crippen molar-refractivity contribution in [1.29, 1.82) is 0 Å². The van der Waals surface area contributed by atoms with Crippen molar-refractivity contribution in [3.05, 3.63) is 53.9 Å². The fraction of sp³-hybridized carbons (Fsp3) is 0.412. The summed E-state index contributed by atoms with van der Waals surface area (Å²) in [6.45, 7) is 3.65. The first-order valence-corrected chi connectivity index (χ1v) is 7.48. The van der Waals surface area contributed by atoms with Gasteiger partial charge in [-0.3, -0.25) is 0 Å². The van der Waals surface area contributed by atoms with E-state index < -0.39 is 0 Å². The number of hydrogen-bond acceptors (Lipinski definition) is 4. The Labute approximate surface area is 125 Å². The van der Waals surface area contributed by atoms with E-state index in [4.69, 9.17) is 0 Å². The van der Waals surface area contributed by atoms with Crippen LogP contribution in [-0.4, -0.2) is 34.3 Å². The summed E-state index contributed by atoms with van der Waals surface area (Å²) in [5.74, 6) is 1.02. The maximum Gasteiger partial charge on any atom is 0.225 e. The number of piperidine rings is 1. The number of anilines is 1. The SMILES string of the molecule is Cc1ccccc1C[C@H]1CCN(c2ncccn2)C[C@H]1O. The maximum absolute atomic E-state index is 10.5. The average molecular weight is 283 g/mol. The van der Waals surface area contributed by atoms with Crippen LogP contribution in [0.3, 0.4) is 0 Å². The number of β-amino-alcohol motifs (C(OH)–C–C–N with tert-alkyl or cyclic N) is 1. The molecular weight excluding hydrogens is 262 g/mol. The van der Waals surface area contributed by atoms with Crippen LogP contribution in [-0.2, 0) is 6.42 Å². The lowest BCUT2D eigenvalue weighted by Gasteiger charge is -2.36. The standard InChI is InChI=1S/C17H21N3O/c1-13-5-2-3-6-14(13)11-15-7-10-20(12-16(15)21)17-18-8-4-9-19-17/h2-6,8-9,15-16,21H,7,10-12H2,1H3/t15-,16-/m1/s1. The molecule has 0 radical (unpaired) electrons. The van der Waals surface area contributed by atoms with Crippen LogP contribution in [0.5, 0.6) is 0 Å². The van der Waals surface area contributed by atoms with Gasteiger partial charge in [-0.1, -0.05) is 24.3 Å². The van der Waals surface area contributed by atoms with E-state index in [0.717, 1.165) is 19.4 Å². The van der Waals surface area contributed by atoms with Crippen LogP contribution in [0.1, 0.15) is 17.5 Å². The molecule has 1 aliphatic rings. The van der Waals surface area contributed by atoms with Gasteiger partial charge in [-0.15, -0.1) is 0 Å². The molecule has 21 heavy (non-hydrogen) atoms. The van der Waals surface area contributed by atoms with Crippen LogP contribution >= 0.6 is 0 Å². The monoisotopic (exact) mass is 283 g/mol. The molecular formula is C17H21N3O. The van der Waals surface area contributed by atoms with Gasteiger partial charge in [0.2, 0.25) is 5.95 Å². The molecule has 3 rings (SSSR count). The lowest BCUT2D eigenvalue weighted by molar-refractivity contribution is 0.0923. The smallest absolute Gasteiger partial charge is 0.225 e. The van der Waals surface area contributed by atoms with Gasteiger partial charge in [0.25, 0.3) is 0 Å². The first kappa shape index (κ1) is 14.0. The van der Waals surface area contributed by atoms with Gasteiger partial charge >= 0.3 is 0 Å². The van der Waals surface area contributed by atoms with Crippen LogP contribution in [0.2, 0.25) is 0 Å². The molecule has 1 fully saturated rings. The van der Waals surface area contributed by atoms with Crippen molar-refractivity contribution < 1.29 is 5.11 Å². The minimum absolute atomic E-state index is 0.311. The zero-order valence-electron chi connectivity index (χ0n) is 12.3. The largest absolute Gasteiger partial charge is 0.391 e. The van der Waals surface area contributed by atoms with Gasteiger partial charge in [0, 0.05) is 25.5 Å². The second kappa shape index (κ2) is 6.22. The highest BCUT2D eigenvalue weighted by Gasteiger charge is 2.29. The minimum Gasteiger partial charge on any atom is -0.391 e. The average Bonchev–Trinajstić information content (AvgIpc) is 2.52. The second-order valence-corrected chi connectivity index (χ2v) is 5.74. The normalized spacial score (nSPS) is 22.3. The van der Waals surface area contributed by atoms with Crippen LogP contribution in [0, 0.1) is 12.8 Å². The Morgan fingerprint density at radius 3 is 2.67 bits per heavy atom. The topological polar surface area (TPSA) is 49.2 Å². The molecule has 1 N–H and O–H groups in total. The van der Waals surface area contributed by atoms with E-state index in [1.807, 2.05) is 6.07 Å². The van der Waals surface area contributed by atoms with Crippen molar-refractivity contribution in [2.75, 3.05) is 18.0 Å². The third-order valence-electron chi connectivity index (χ3n) is 4.30. The Morgan fingerprint density at radius 2 is 1.95 bits per heavy atom. The highest BCUT2D eigenvalue weighted by Crippen LogP contribution is 2.25. The molecule has 1 aliphatic heterocycles. The molecule has 1 saturated heterocycles. The van der Waals surface area contributed by atoms with Crippen molar-refractivity contribution in [3.8, 4) is 0 Å². The molecule has 0 spiro atoms. The predicted molar refractivity (Wildman–Crippen MR) is 83.2 cm³/mol. The first-order valence-electron chi connectivity index (χ1n) is 7.48. The second-order valence-electron chi connectivity index (χ2n) is 5.74. The van der Waals surface area contributed by atoms with E-state index in [-0.39, 0.29) is 6.10 Å². The van der Waals surface area contributed by atoms with Gasteiger partial charge in [-0.25, -0.2) is 9.97 Å². The van der Waals surface area contributed by atoms with E-state index in [2.05, 4.69) is 46.1 Å². The molecule has 2 aromatic rings. The summed E-state index contributed by atoms with van der Waals surface area (Å²) in [6.07, 6.45) is 5.06. The lowest BCUT2D eigenvalue weighted by atomic mass is 9.86. The predicted octanol–water partition coefficient (Wildman–Crippen LogP) is 2.21. The number of nitrogens with zero attached hydrogens (tertiary/aromatic N) is 3. The van der Waals surface area contributed by atoms with Crippen molar-refractivity contribution in [1.82, 2.24) is 9.97 Å². The number of aryl methyl sites for hydroxylation is 1. The molecule has 110 valence electrons. The van der Waals surface area contributed by atoms with Gasteiger partial charge in [0.1, 0.15) is 0 Å². The summed E-state index contributed by atoms with van der Waals surface area (Å²) < 4.78 is 0. The quantitative estimate of drug-likeness (QED) is 0.938. The van der Waals surface area contributed by atoms with Crippen molar-refractivity contribution in [2.24, 2.45) is 5.92 Å². The van der Waals surface area contributed by atoms with Crippen molar-refractivity contribution in [2.45, 2.75) is 25.9 Å². The van der Waals surface area contributed by atoms with E-state index in [1.165, 1.54) is 11.1 Å². The third kappa shape index (κ3) is 3.22. The molecule has 0 amide bonds. The Bertz CT molecular complexity index is 588. The number of aliphatic hydroxyl groups is 1. The zero-order valence-corrected chi connectivity index (χ0v) is 12.3. The Morgan fingerprint density at radius 1 is 1.19 bits per heavy atom. The van der Waals surface area contributed by atoms with E-state index >= 15 is 0 Å². The fourth-order valence-electron chi connectivity index (χ4n) is 2.98. The summed E-state index contributed by atoms with van der Waals surface area (Å²) in [5.41, 5.74) is 2.64. The molecule has 1 aromatic heterocycles. The van der Waals surface area contributed by atoms with Crippen LogP contribution in [0.15, 0.2) is 42.7 Å².